The average molecular weight is 489 g/mol. The van der Waals surface area contributed by atoms with E-state index in [1.54, 1.807) is 25.5 Å². The van der Waals surface area contributed by atoms with Crippen molar-refractivity contribution in [3.8, 4) is 11.3 Å². The molecule has 0 unspecified atom stereocenters. The fourth-order valence-corrected chi connectivity index (χ4v) is 4.94. The van der Waals surface area contributed by atoms with Gasteiger partial charge in [0.1, 0.15) is 0 Å². The summed E-state index contributed by atoms with van der Waals surface area (Å²) in [7, 11) is 1.62. The monoisotopic (exact) mass is 488 g/mol. The topological polar surface area (TPSA) is 75.0 Å². The number of rotatable bonds is 7. The quantitative estimate of drug-likeness (QED) is 0.408. The molecule has 188 valence electrons. The Labute approximate surface area is 211 Å². The van der Waals surface area contributed by atoms with Crippen LogP contribution in [0, 0.1) is 5.95 Å². The predicted octanol–water partition coefficient (Wildman–Crippen LogP) is 4.57. The zero-order valence-corrected chi connectivity index (χ0v) is 21.4. The van der Waals surface area contributed by atoms with Gasteiger partial charge in [-0.1, -0.05) is 26.8 Å². The number of anilines is 2. The van der Waals surface area contributed by atoms with Gasteiger partial charge >= 0.3 is 0 Å². The van der Waals surface area contributed by atoms with E-state index in [1.807, 2.05) is 18.3 Å². The Morgan fingerprint density at radius 1 is 1.03 bits per heavy atom. The molecule has 8 nitrogen and oxygen atoms in total. The molecule has 3 aromatic heterocycles. The molecule has 1 N–H and O–H groups in total. The minimum atomic E-state index is -0.358. The van der Waals surface area contributed by atoms with Crippen molar-refractivity contribution >= 4 is 22.5 Å². The molecule has 4 heterocycles. The van der Waals surface area contributed by atoms with Crippen molar-refractivity contribution in [2.24, 2.45) is 7.05 Å². The van der Waals surface area contributed by atoms with Gasteiger partial charge in [0.25, 0.3) is 0 Å². The zero-order chi connectivity index (χ0) is 25.2. The van der Waals surface area contributed by atoms with Crippen molar-refractivity contribution in [2.45, 2.75) is 33.2 Å². The first-order valence-electron chi connectivity index (χ1n) is 12.6. The first kappa shape index (κ1) is 24.3. The van der Waals surface area contributed by atoms with Gasteiger partial charge in [0, 0.05) is 63.9 Å². The molecule has 0 aliphatic carbocycles. The Bertz CT molecular complexity index is 1330. The van der Waals surface area contributed by atoms with Gasteiger partial charge in [-0.3, -0.25) is 9.88 Å². The van der Waals surface area contributed by atoms with Gasteiger partial charge in [0.2, 0.25) is 11.9 Å². The van der Waals surface area contributed by atoms with Crippen LogP contribution in [0.3, 0.4) is 0 Å². The highest BCUT2D eigenvalue weighted by molar-refractivity contribution is 5.97. The third-order valence-corrected chi connectivity index (χ3v) is 6.89. The molecule has 0 bridgehead atoms. The van der Waals surface area contributed by atoms with E-state index in [1.165, 1.54) is 10.2 Å². The maximum Gasteiger partial charge on any atom is 0.227 e. The third-order valence-electron chi connectivity index (χ3n) is 6.89. The molecule has 1 aliphatic rings. The SMILES string of the molecule is CCN1CCN(Cc2ccc(-c3cc4nn(C)c(F)c4c(C(C)C)c3Nc3ncccn3)nc2)CC1. The second-order valence-corrected chi connectivity index (χ2v) is 9.64. The van der Waals surface area contributed by atoms with Crippen molar-refractivity contribution in [3.05, 3.63) is 59.9 Å². The number of benzene rings is 1. The maximum absolute atomic E-state index is 15.2. The number of likely N-dealkylation sites (N-methyl/N-ethyl adjacent to an activating group) is 1. The number of nitrogens with one attached hydrogen (secondary N) is 1. The standard InChI is InChI=1S/C27H33FN8/c1-5-35-11-13-36(14-12-35)17-19-7-8-21(31-16-19)20-15-22-24(26(28)34(4)33-22)23(18(2)3)25(20)32-27-29-9-6-10-30-27/h6-10,15-16,18H,5,11-14,17H2,1-4H3,(H,29,30,32). The molecule has 0 radical (unpaired) electrons. The van der Waals surface area contributed by atoms with E-state index in [-0.39, 0.29) is 11.9 Å². The van der Waals surface area contributed by atoms with E-state index in [0.717, 1.165) is 61.8 Å². The van der Waals surface area contributed by atoms with Crippen LogP contribution in [0.25, 0.3) is 22.2 Å². The highest BCUT2D eigenvalue weighted by Crippen LogP contribution is 2.41. The normalized spacial score (nSPS) is 15.2. The Morgan fingerprint density at radius 3 is 2.39 bits per heavy atom. The van der Waals surface area contributed by atoms with E-state index in [0.29, 0.717) is 16.9 Å². The first-order chi connectivity index (χ1) is 17.4. The highest BCUT2D eigenvalue weighted by atomic mass is 19.1. The Kier molecular flexibility index (Phi) is 6.93. The summed E-state index contributed by atoms with van der Waals surface area (Å²) in [5, 5.41) is 8.31. The van der Waals surface area contributed by atoms with Gasteiger partial charge < -0.3 is 10.2 Å². The van der Waals surface area contributed by atoms with E-state index in [9.17, 15) is 0 Å². The lowest BCUT2D eigenvalue weighted by atomic mass is 9.92. The number of aryl methyl sites for hydroxylation is 1. The van der Waals surface area contributed by atoms with Crippen LogP contribution in [0.1, 0.15) is 37.8 Å². The minimum absolute atomic E-state index is 0.0263. The van der Waals surface area contributed by atoms with Crippen LogP contribution >= 0.6 is 0 Å². The summed E-state index contributed by atoms with van der Waals surface area (Å²) in [4.78, 5) is 18.5. The van der Waals surface area contributed by atoms with Gasteiger partial charge in [-0.05, 0) is 41.8 Å². The average Bonchev–Trinajstić information content (AvgIpc) is 3.18. The molecular formula is C27H33FN8. The molecule has 5 rings (SSSR count). The Balaban J connectivity index is 1.53. The van der Waals surface area contributed by atoms with Crippen LogP contribution < -0.4 is 5.32 Å². The molecular weight excluding hydrogens is 455 g/mol. The van der Waals surface area contributed by atoms with E-state index >= 15 is 4.39 Å². The van der Waals surface area contributed by atoms with Crippen molar-refractivity contribution < 1.29 is 4.39 Å². The molecule has 1 aromatic carbocycles. The molecule has 0 atom stereocenters. The number of hydrogen-bond acceptors (Lipinski definition) is 7. The predicted molar refractivity (Wildman–Crippen MR) is 141 cm³/mol. The van der Waals surface area contributed by atoms with Crippen molar-refractivity contribution in [1.82, 2.24) is 34.5 Å². The fraction of sp³-hybridized carbons (Fsp3) is 0.407. The summed E-state index contributed by atoms with van der Waals surface area (Å²) >= 11 is 0. The molecule has 4 aromatic rings. The molecule has 1 aliphatic heterocycles. The van der Waals surface area contributed by atoms with Gasteiger partial charge in [-0.25, -0.2) is 14.6 Å². The summed E-state index contributed by atoms with van der Waals surface area (Å²) in [6.45, 7) is 12.7. The van der Waals surface area contributed by atoms with Crippen LogP contribution in [0.4, 0.5) is 16.0 Å². The van der Waals surface area contributed by atoms with Gasteiger partial charge in [0.05, 0.1) is 22.3 Å². The van der Waals surface area contributed by atoms with Crippen LogP contribution in [-0.2, 0) is 13.6 Å². The number of fused-ring (bicyclic) bond motifs is 1. The van der Waals surface area contributed by atoms with E-state index < -0.39 is 0 Å². The number of piperazine rings is 1. The number of aromatic nitrogens is 5. The summed E-state index contributed by atoms with van der Waals surface area (Å²) in [6.07, 6.45) is 5.31. The molecule has 0 spiro atoms. The first-order valence-corrected chi connectivity index (χ1v) is 12.6. The maximum atomic E-state index is 15.2. The molecule has 0 amide bonds. The summed E-state index contributed by atoms with van der Waals surface area (Å²) in [5.74, 6) is 0.120. The minimum Gasteiger partial charge on any atom is -0.323 e. The fourth-order valence-electron chi connectivity index (χ4n) is 4.94. The number of nitrogens with zero attached hydrogens (tertiary/aromatic N) is 7. The van der Waals surface area contributed by atoms with Crippen molar-refractivity contribution in [2.75, 3.05) is 38.0 Å². The number of halogens is 1. The van der Waals surface area contributed by atoms with E-state index in [4.69, 9.17) is 4.98 Å². The van der Waals surface area contributed by atoms with Crippen LogP contribution in [0.5, 0.6) is 0 Å². The van der Waals surface area contributed by atoms with Crippen molar-refractivity contribution in [3.63, 3.8) is 0 Å². The van der Waals surface area contributed by atoms with Crippen LogP contribution in [0.2, 0.25) is 0 Å². The zero-order valence-electron chi connectivity index (χ0n) is 21.4. The second-order valence-electron chi connectivity index (χ2n) is 9.64. The number of pyridine rings is 1. The van der Waals surface area contributed by atoms with E-state index in [2.05, 4.69) is 57.0 Å². The summed E-state index contributed by atoms with van der Waals surface area (Å²) in [5.41, 5.74) is 5.01. The van der Waals surface area contributed by atoms with Gasteiger partial charge in [0.15, 0.2) is 0 Å². The molecule has 1 saturated heterocycles. The molecule has 36 heavy (non-hydrogen) atoms. The Hall–Kier alpha value is -3.43. The van der Waals surface area contributed by atoms with Crippen LogP contribution in [0.15, 0.2) is 42.9 Å². The Morgan fingerprint density at radius 2 is 1.75 bits per heavy atom. The summed E-state index contributed by atoms with van der Waals surface area (Å²) < 4.78 is 16.5. The molecule has 0 saturated carbocycles. The smallest absolute Gasteiger partial charge is 0.227 e. The summed E-state index contributed by atoms with van der Waals surface area (Å²) in [6, 6.07) is 7.85. The van der Waals surface area contributed by atoms with Gasteiger partial charge in [-0.2, -0.15) is 9.49 Å². The second kappa shape index (κ2) is 10.3. The largest absolute Gasteiger partial charge is 0.323 e. The highest BCUT2D eigenvalue weighted by Gasteiger charge is 2.24. The molecule has 9 heteroatoms. The van der Waals surface area contributed by atoms with Gasteiger partial charge in [-0.15, -0.1) is 0 Å². The lowest BCUT2D eigenvalue weighted by Gasteiger charge is -2.33. The number of hydrogen-bond donors (Lipinski definition) is 1. The third kappa shape index (κ3) is 4.81. The molecule has 1 fully saturated rings. The lowest BCUT2D eigenvalue weighted by Crippen LogP contribution is -2.45. The lowest BCUT2D eigenvalue weighted by molar-refractivity contribution is 0.132. The van der Waals surface area contributed by atoms with Crippen molar-refractivity contribution in [1.29, 1.82) is 0 Å². The van der Waals surface area contributed by atoms with Crippen LogP contribution in [-0.4, -0.2) is 67.3 Å².